The number of rotatable bonds is 6. The molecule has 4 nitrogen and oxygen atoms in total. The second-order valence-corrected chi connectivity index (χ2v) is 6.64. The minimum absolute atomic E-state index is 0.582. The molecule has 0 aliphatic carbocycles. The van der Waals surface area contributed by atoms with Crippen LogP contribution in [0.5, 0.6) is 0 Å². The smallest absolute Gasteiger partial charge is 0.206 e. The van der Waals surface area contributed by atoms with Crippen molar-refractivity contribution in [2.24, 2.45) is 10.1 Å². The van der Waals surface area contributed by atoms with Crippen molar-refractivity contribution in [2.45, 2.75) is 20.3 Å². The number of benzene rings is 1. The molecule has 5 heteroatoms. The van der Waals surface area contributed by atoms with Gasteiger partial charge in [-0.15, -0.1) is 11.3 Å². The summed E-state index contributed by atoms with van der Waals surface area (Å²) in [7, 11) is 0. The normalized spacial score (nSPS) is 12.2. The standard InChI is InChI=1S/C20H21N3OS/c1-4-16-7-9-17(10-8-16)13-22-23-18(19-6-5-11-24-19)14-25-20(23)21-12-15(2)3/h5-11,13-14H,2,4,12H2,1,3H3. The number of hydrogen-bond acceptors (Lipinski definition) is 4. The topological polar surface area (TPSA) is 42.8 Å². The Balaban J connectivity index is 1.99. The van der Waals surface area contributed by atoms with Crippen LogP contribution in [0.2, 0.25) is 0 Å². The van der Waals surface area contributed by atoms with E-state index in [1.54, 1.807) is 6.26 Å². The minimum atomic E-state index is 0.582. The predicted octanol–water partition coefficient (Wildman–Crippen LogP) is 4.73. The molecule has 0 saturated heterocycles. The Morgan fingerprint density at radius 3 is 2.72 bits per heavy atom. The van der Waals surface area contributed by atoms with Gasteiger partial charge in [-0.1, -0.05) is 43.3 Å². The van der Waals surface area contributed by atoms with E-state index in [0.29, 0.717) is 6.54 Å². The third-order valence-corrected chi connectivity index (χ3v) is 4.51. The van der Waals surface area contributed by atoms with Gasteiger partial charge in [-0.05, 0) is 36.6 Å². The fourth-order valence-electron chi connectivity index (χ4n) is 2.28. The minimum Gasteiger partial charge on any atom is -0.463 e. The first-order valence-electron chi connectivity index (χ1n) is 8.20. The van der Waals surface area contributed by atoms with Crippen LogP contribution in [0.1, 0.15) is 25.0 Å². The van der Waals surface area contributed by atoms with Gasteiger partial charge in [0.15, 0.2) is 5.76 Å². The molecule has 1 aromatic carbocycles. The van der Waals surface area contributed by atoms with E-state index < -0.39 is 0 Å². The molecule has 0 atom stereocenters. The average molecular weight is 351 g/mol. The van der Waals surface area contributed by atoms with Gasteiger partial charge in [-0.3, -0.25) is 4.99 Å². The number of hydrogen-bond donors (Lipinski definition) is 0. The zero-order valence-corrected chi connectivity index (χ0v) is 15.3. The molecular weight excluding hydrogens is 330 g/mol. The SMILES string of the molecule is C=C(C)CN=c1scc(-c2ccco2)n1N=Cc1ccc(CC)cc1. The number of aromatic nitrogens is 1. The fraction of sp³-hybridized carbons (Fsp3) is 0.200. The Bertz CT molecular complexity index is 928. The summed E-state index contributed by atoms with van der Waals surface area (Å²) in [5.74, 6) is 0.770. The van der Waals surface area contributed by atoms with Crippen molar-refractivity contribution >= 4 is 17.6 Å². The molecule has 0 amide bonds. The Labute approximate surface area is 151 Å². The summed E-state index contributed by atoms with van der Waals surface area (Å²) in [6, 6.07) is 12.2. The van der Waals surface area contributed by atoms with E-state index in [1.165, 1.54) is 16.9 Å². The second-order valence-electron chi connectivity index (χ2n) is 5.81. The number of aryl methyl sites for hydroxylation is 1. The molecule has 2 aromatic heterocycles. The lowest BCUT2D eigenvalue weighted by Gasteiger charge is -2.01. The van der Waals surface area contributed by atoms with Crippen LogP contribution in [0.3, 0.4) is 0 Å². The highest BCUT2D eigenvalue weighted by molar-refractivity contribution is 7.07. The van der Waals surface area contributed by atoms with Gasteiger partial charge in [0.2, 0.25) is 4.80 Å². The van der Waals surface area contributed by atoms with Crippen LogP contribution in [0.15, 0.2) is 74.7 Å². The maximum absolute atomic E-state index is 5.53. The highest BCUT2D eigenvalue weighted by atomic mass is 32.1. The lowest BCUT2D eigenvalue weighted by Crippen LogP contribution is -2.12. The largest absolute Gasteiger partial charge is 0.463 e. The molecule has 128 valence electrons. The first-order valence-corrected chi connectivity index (χ1v) is 9.08. The van der Waals surface area contributed by atoms with E-state index in [2.05, 4.69) is 47.9 Å². The van der Waals surface area contributed by atoms with Gasteiger partial charge in [-0.2, -0.15) is 5.10 Å². The molecule has 0 saturated carbocycles. The van der Waals surface area contributed by atoms with Crippen molar-refractivity contribution in [3.05, 3.63) is 76.1 Å². The van der Waals surface area contributed by atoms with Crippen molar-refractivity contribution in [3.8, 4) is 11.5 Å². The average Bonchev–Trinajstić information content (AvgIpc) is 3.27. The highest BCUT2D eigenvalue weighted by Crippen LogP contribution is 2.20. The maximum atomic E-state index is 5.53. The summed E-state index contributed by atoms with van der Waals surface area (Å²) < 4.78 is 7.35. The summed E-state index contributed by atoms with van der Waals surface area (Å²) in [6.07, 6.45) is 4.54. The van der Waals surface area contributed by atoms with Crippen molar-refractivity contribution in [1.82, 2.24) is 4.68 Å². The molecule has 2 heterocycles. The third-order valence-electron chi connectivity index (χ3n) is 3.65. The molecule has 0 N–H and O–H groups in total. The second kappa shape index (κ2) is 7.94. The fourth-order valence-corrected chi connectivity index (χ4v) is 3.10. The molecule has 3 aromatic rings. The number of furan rings is 1. The van der Waals surface area contributed by atoms with E-state index in [-0.39, 0.29) is 0 Å². The third kappa shape index (κ3) is 4.25. The maximum Gasteiger partial charge on any atom is 0.206 e. The van der Waals surface area contributed by atoms with Crippen LogP contribution in [0.25, 0.3) is 11.5 Å². The molecule has 0 spiro atoms. The van der Waals surface area contributed by atoms with Gasteiger partial charge in [0.05, 0.1) is 19.0 Å². The van der Waals surface area contributed by atoms with Crippen molar-refractivity contribution < 1.29 is 4.42 Å². The quantitative estimate of drug-likeness (QED) is 0.467. The van der Waals surface area contributed by atoms with Gasteiger partial charge in [0, 0.05) is 5.38 Å². The first-order chi connectivity index (χ1) is 12.2. The highest BCUT2D eigenvalue weighted by Gasteiger charge is 2.09. The molecule has 0 unspecified atom stereocenters. The first kappa shape index (κ1) is 17.2. The number of nitrogens with zero attached hydrogens (tertiary/aromatic N) is 3. The van der Waals surface area contributed by atoms with Crippen LogP contribution < -0.4 is 4.80 Å². The van der Waals surface area contributed by atoms with Crippen molar-refractivity contribution in [3.63, 3.8) is 0 Å². The Morgan fingerprint density at radius 2 is 2.08 bits per heavy atom. The van der Waals surface area contributed by atoms with Crippen molar-refractivity contribution in [1.29, 1.82) is 0 Å². The summed E-state index contributed by atoms with van der Waals surface area (Å²) in [5, 5.41) is 6.65. The zero-order chi connectivity index (χ0) is 17.6. The van der Waals surface area contributed by atoms with E-state index in [1.807, 2.05) is 35.3 Å². The lowest BCUT2D eigenvalue weighted by atomic mass is 10.1. The molecule has 0 radical (unpaired) electrons. The molecule has 0 aliphatic rings. The van der Waals surface area contributed by atoms with Crippen LogP contribution in [0, 0.1) is 0 Å². The van der Waals surface area contributed by atoms with E-state index in [4.69, 9.17) is 4.42 Å². The summed E-state index contributed by atoms with van der Waals surface area (Å²) in [4.78, 5) is 5.42. The van der Waals surface area contributed by atoms with E-state index in [9.17, 15) is 0 Å². The predicted molar refractivity (Wildman–Crippen MR) is 104 cm³/mol. The molecule has 0 fully saturated rings. The molecule has 3 rings (SSSR count). The van der Waals surface area contributed by atoms with Crippen LogP contribution in [-0.2, 0) is 6.42 Å². The van der Waals surface area contributed by atoms with Crippen molar-refractivity contribution in [2.75, 3.05) is 6.54 Å². The van der Waals surface area contributed by atoms with Crippen LogP contribution in [-0.4, -0.2) is 17.4 Å². The zero-order valence-electron chi connectivity index (χ0n) is 14.5. The monoisotopic (exact) mass is 351 g/mol. The molecular formula is C20H21N3OS. The van der Waals surface area contributed by atoms with Gasteiger partial charge in [0.1, 0.15) is 5.69 Å². The van der Waals surface area contributed by atoms with Crippen LogP contribution >= 0.6 is 11.3 Å². The molecule has 0 bridgehead atoms. The lowest BCUT2D eigenvalue weighted by molar-refractivity contribution is 0.575. The molecule has 25 heavy (non-hydrogen) atoms. The van der Waals surface area contributed by atoms with Crippen LogP contribution in [0.4, 0.5) is 0 Å². The summed E-state index contributed by atoms with van der Waals surface area (Å²) in [5.41, 5.74) is 4.26. The summed E-state index contributed by atoms with van der Waals surface area (Å²) in [6.45, 7) is 8.61. The number of thiazole rings is 1. The van der Waals surface area contributed by atoms with Gasteiger partial charge >= 0.3 is 0 Å². The van der Waals surface area contributed by atoms with Gasteiger partial charge < -0.3 is 4.42 Å². The Morgan fingerprint density at radius 1 is 1.28 bits per heavy atom. The van der Waals surface area contributed by atoms with E-state index in [0.717, 1.165) is 33.8 Å². The van der Waals surface area contributed by atoms with E-state index >= 15 is 0 Å². The Kier molecular flexibility index (Phi) is 5.46. The summed E-state index contributed by atoms with van der Waals surface area (Å²) >= 11 is 1.54. The molecule has 0 aliphatic heterocycles. The Hall–Kier alpha value is -2.66. The van der Waals surface area contributed by atoms with Gasteiger partial charge in [0.25, 0.3) is 0 Å². The van der Waals surface area contributed by atoms with Gasteiger partial charge in [-0.25, -0.2) is 4.68 Å².